The highest BCUT2D eigenvalue weighted by atomic mass is 32.1. The predicted octanol–water partition coefficient (Wildman–Crippen LogP) is 8.04. The number of halogens is 4. The average Bonchev–Trinajstić information content (AvgIpc) is 3.02. The molecule has 0 saturated heterocycles. The van der Waals surface area contributed by atoms with Crippen molar-refractivity contribution in [3.8, 4) is 5.06 Å². The minimum absolute atomic E-state index is 0.0787. The Labute approximate surface area is 178 Å². The lowest BCUT2D eigenvalue weighted by Gasteiger charge is -2.29. The molecule has 1 aliphatic carbocycles. The number of benzene rings is 1. The summed E-state index contributed by atoms with van der Waals surface area (Å²) < 4.78 is 58.3. The molecule has 1 heterocycles. The highest BCUT2D eigenvalue weighted by Gasteiger charge is 2.30. The lowest BCUT2D eigenvalue weighted by molar-refractivity contribution is 0.0726. The summed E-state index contributed by atoms with van der Waals surface area (Å²) in [5.41, 5.74) is -0.122. The third kappa shape index (κ3) is 5.23. The van der Waals surface area contributed by atoms with Crippen molar-refractivity contribution < 1.29 is 27.1 Å². The molecule has 1 aromatic heterocycles. The Kier molecular flexibility index (Phi) is 7.92. The summed E-state index contributed by atoms with van der Waals surface area (Å²) in [7, 11) is 0. The third-order valence-electron chi connectivity index (χ3n) is 5.90. The highest BCUT2D eigenvalue weighted by Crippen LogP contribution is 2.41. The number of hydrogen-bond donors (Lipinski definition) is 0. The van der Waals surface area contributed by atoms with Gasteiger partial charge in [0.25, 0.3) is 6.43 Å². The molecule has 30 heavy (non-hydrogen) atoms. The first-order valence-corrected chi connectivity index (χ1v) is 11.3. The van der Waals surface area contributed by atoms with Crippen molar-refractivity contribution in [2.24, 2.45) is 5.92 Å². The molecule has 0 unspecified atom stereocenters. The van der Waals surface area contributed by atoms with E-state index in [0.717, 1.165) is 31.2 Å². The maximum absolute atomic E-state index is 13.6. The number of rotatable bonds is 8. The summed E-state index contributed by atoms with van der Waals surface area (Å²) in [6.45, 7) is 2.19. The van der Waals surface area contributed by atoms with Crippen LogP contribution in [0.2, 0.25) is 0 Å². The summed E-state index contributed by atoms with van der Waals surface area (Å²) in [6.07, 6.45) is 5.74. The maximum atomic E-state index is 13.6. The number of esters is 1. The minimum Gasteiger partial charge on any atom is -0.411 e. The Morgan fingerprint density at radius 2 is 1.83 bits per heavy atom. The van der Waals surface area contributed by atoms with E-state index in [1.54, 1.807) is 12.1 Å². The fourth-order valence-corrected chi connectivity index (χ4v) is 5.03. The SMILES string of the molecule is CCCCC[C@H]1CC[C@H](c2ccccc2C(=O)Oc2sc(F)c(F)c2C(F)F)CC1. The first-order valence-electron chi connectivity index (χ1n) is 10.5. The van der Waals surface area contributed by atoms with Gasteiger partial charge in [-0.15, -0.1) is 0 Å². The number of ether oxygens (including phenoxy) is 1. The Morgan fingerprint density at radius 1 is 1.13 bits per heavy atom. The van der Waals surface area contributed by atoms with Gasteiger partial charge in [0.15, 0.2) is 10.9 Å². The van der Waals surface area contributed by atoms with Gasteiger partial charge in [0.1, 0.15) is 5.56 Å². The summed E-state index contributed by atoms with van der Waals surface area (Å²) in [5, 5.41) is -2.14. The quantitative estimate of drug-likeness (QED) is 0.235. The summed E-state index contributed by atoms with van der Waals surface area (Å²) in [4.78, 5) is 12.7. The van der Waals surface area contributed by atoms with Gasteiger partial charge < -0.3 is 4.74 Å². The minimum atomic E-state index is -3.27. The summed E-state index contributed by atoms with van der Waals surface area (Å²) in [6, 6.07) is 6.92. The zero-order valence-corrected chi connectivity index (χ0v) is 17.8. The van der Waals surface area contributed by atoms with E-state index in [1.807, 2.05) is 12.1 Å². The topological polar surface area (TPSA) is 26.3 Å². The number of hydrogen-bond acceptors (Lipinski definition) is 3. The third-order valence-corrected chi connectivity index (χ3v) is 6.75. The van der Waals surface area contributed by atoms with Crippen LogP contribution in [0.4, 0.5) is 17.6 Å². The van der Waals surface area contributed by atoms with Crippen LogP contribution in [0.5, 0.6) is 5.06 Å². The zero-order valence-electron chi connectivity index (χ0n) is 16.9. The molecule has 0 aliphatic heterocycles. The molecule has 0 bridgehead atoms. The molecular formula is C23H26F4O2S. The fourth-order valence-electron chi connectivity index (χ4n) is 4.26. The molecule has 0 amide bonds. The monoisotopic (exact) mass is 442 g/mol. The van der Waals surface area contributed by atoms with Crippen LogP contribution in [0.15, 0.2) is 24.3 Å². The zero-order chi connectivity index (χ0) is 21.7. The second-order valence-corrected chi connectivity index (χ2v) is 8.82. The van der Waals surface area contributed by atoms with E-state index in [4.69, 9.17) is 4.74 Å². The Hall–Kier alpha value is -1.89. The van der Waals surface area contributed by atoms with Crippen LogP contribution in [-0.2, 0) is 0 Å². The summed E-state index contributed by atoms with van der Waals surface area (Å²) >= 11 is 0.0787. The Morgan fingerprint density at radius 3 is 2.50 bits per heavy atom. The normalized spacial score (nSPS) is 19.3. The molecule has 1 aromatic carbocycles. The van der Waals surface area contributed by atoms with Gasteiger partial charge in [0, 0.05) is 0 Å². The van der Waals surface area contributed by atoms with Crippen LogP contribution < -0.4 is 4.74 Å². The van der Waals surface area contributed by atoms with E-state index in [9.17, 15) is 22.4 Å². The second kappa shape index (κ2) is 10.4. The van der Waals surface area contributed by atoms with Crippen LogP contribution in [0.1, 0.15) is 92.1 Å². The van der Waals surface area contributed by atoms with Gasteiger partial charge in [-0.05, 0) is 49.1 Å². The van der Waals surface area contributed by atoms with Crippen molar-refractivity contribution in [1.29, 1.82) is 0 Å². The number of carbonyl (C=O) groups excluding carboxylic acids is 1. The summed E-state index contributed by atoms with van der Waals surface area (Å²) in [5.74, 6) is -1.63. The molecule has 1 saturated carbocycles. The standard InChI is InChI=1S/C23H26F4O2S/c1-2-3-4-7-14-10-12-15(13-11-14)16-8-5-6-9-17(16)22(28)29-23-18(20(25)26)19(24)21(27)30-23/h5-6,8-9,14-15,20H,2-4,7,10-13H2,1H3/t14-,15-. The lowest BCUT2D eigenvalue weighted by Crippen LogP contribution is -2.18. The van der Waals surface area contributed by atoms with Crippen molar-refractivity contribution in [1.82, 2.24) is 0 Å². The molecule has 1 fully saturated rings. The van der Waals surface area contributed by atoms with E-state index >= 15 is 0 Å². The average molecular weight is 443 g/mol. The van der Waals surface area contributed by atoms with Crippen LogP contribution in [0.3, 0.4) is 0 Å². The number of thiophene rings is 1. The van der Waals surface area contributed by atoms with Crippen molar-refractivity contribution in [2.75, 3.05) is 0 Å². The van der Waals surface area contributed by atoms with Gasteiger partial charge >= 0.3 is 5.97 Å². The first-order chi connectivity index (χ1) is 14.4. The molecule has 2 aromatic rings. The van der Waals surface area contributed by atoms with Crippen LogP contribution in [0.25, 0.3) is 0 Å². The van der Waals surface area contributed by atoms with Gasteiger partial charge in [0.2, 0.25) is 5.13 Å². The van der Waals surface area contributed by atoms with Gasteiger partial charge in [0.05, 0.1) is 5.56 Å². The van der Waals surface area contributed by atoms with Gasteiger partial charge in [-0.2, -0.15) is 4.39 Å². The first kappa shape index (κ1) is 22.8. The molecule has 164 valence electrons. The van der Waals surface area contributed by atoms with E-state index in [-0.39, 0.29) is 22.8 Å². The Balaban J connectivity index is 1.72. The number of unbranched alkanes of at least 4 members (excludes halogenated alkanes) is 2. The number of carbonyl (C=O) groups is 1. The fraction of sp³-hybridized carbons (Fsp3) is 0.522. The van der Waals surface area contributed by atoms with Crippen LogP contribution in [-0.4, -0.2) is 5.97 Å². The van der Waals surface area contributed by atoms with Gasteiger partial charge in [-0.3, -0.25) is 0 Å². The maximum Gasteiger partial charge on any atom is 0.344 e. The lowest BCUT2D eigenvalue weighted by atomic mass is 9.76. The number of alkyl halides is 2. The smallest absolute Gasteiger partial charge is 0.344 e. The molecule has 0 spiro atoms. The molecule has 0 radical (unpaired) electrons. The molecule has 2 nitrogen and oxygen atoms in total. The molecule has 0 N–H and O–H groups in total. The highest BCUT2D eigenvalue weighted by molar-refractivity contribution is 7.12. The second-order valence-electron chi connectivity index (χ2n) is 7.88. The van der Waals surface area contributed by atoms with Crippen molar-refractivity contribution in [2.45, 2.75) is 70.6 Å². The molecular weight excluding hydrogens is 416 g/mol. The van der Waals surface area contributed by atoms with Gasteiger partial charge in [-0.1, -0.05) is 62.1 Å². The molecule has 7 heteroatoms. The van der Waals surface area contributed by atoms with Crippen molar-refractivity contribution in [3.05, 3.63) is 51.9 Å². The van der Waals surface area contributed by atoms with E-state index in [2.05, 4.69) is 6.92 Å². The van der Waals surface area contributed by atoms with Gasteiger partial charge in [-0.25, -0.2) is 18.0 Å². The Bertz CT molecular complexity index is 857. The predicted molar refractivity (Wildman–Crippen MR) is 109 cm³/mol. The largest absolute Gasteiger partial charge is 0.411 e. The van der Waals surface area contributed by atoms with E-state index in [0.29, 0.717) is 5.92 Å². The van der Waals surface area contributed by atoms with E-state index < -0.39 is 34.0 Å². The van der Waals surface area contributed by atoms with Crippen molar-refractivity contribution >= 4 is 17.3 Å². The van der Waals surface area contributed by atoms with Crippen LogP contribution >= 0.6 is 11.3 Å². The van der Waals surface area contributed by atoms with E-state index in [1.165, 1.54) is 25.7 Å². The molecule has 3 rings (SSSR count). The van der Waals surface area contributed by atoms with Crippen molar-refractivity contribution in [3.63, 3.8) is 0 Å². The van der Waals surface area contributed by atoms with Crippen LogP contribution in [0, 0.1) is 16.9 Å². The molecule has 1 aliphatic rings. The molecule has 0 atom stereocenters.